The number of ether oxygens (including phenoxy) is 1. The molecule has 5 heteroatoms. The lowest BCUT2D eigenvalue weighted by atomic mass is 10.3. The third-order valence-electron chi connectivity index (χ3n) is 2.50. The van der Waals surface area contributed by atoms with E-state index in [1.807, 2.05) is 6.92 Å². The van der Waals surface area contributed by atoms with Gasteiger partial charge in [0.15, 0.2) is 9.84 Å². The van der Waals surface area contributed by atoms with Crippen molar-refractivity contribution < 1.29 is 13.2 Å². The van der Waals surface area contributed by atoms with E-state index in [9.17, 15) is 8.42 Å². The minimum Gasteiger partial charge on any atom is -0.385 e. The largest absolute Gasteiger partial charge is 0.385 e. The Labute approximate surface area is 86.9 Å². The average Bonchev–Trinajstić information content (AvgIpc) is 2.15. The van der Waals surface area contributed by atoms with Crippen LogP contribution in [0.2, 0.25) is 0 Å². The molecule has 0 aromatic rings. The summed E-state index contributed by atoms with van der Waals surface area (Å²) in [6.07, 6.45) is 0.569. The van der Waals surface area contributed by atoms with Crippen LogP contribution < -0.4 is 5.32 Å². The van der Waals surface area contributed by atoms with Gasteiger partial charge in [-0.3, -0.25) is 0 Å². The summed E-state index contributed by atoms with van der Waals surface area (Å²) in [5, 5.41) is 2.61. The number of hydrogen-bond donors (Lipinski definition) is 1. The Morgan fingerprint density at radius 2 is 1.93 bits per heavy atom. The summed E-state index contributed by atoms with van der Waals surface area (Å²) in [7, 11) is 0.359. The molecule has 0 saturated heterocycles. The Hall–Kier alpha value is -0.130. The second-order valence-electron chi connectivity index (χ2n) is 3.50. The van der Waals surface area contributed by atoms with Crippen LogP contribution in [-0.2, 0) is 14.6 Å². The molecule has 0 aliphatic rings. The van der Waals surface area contributed by atoms with Gasteiger partial charge in [0.2, 0.25) is 0 Å². The van der Waals surface area contributed by atoms with Gasteiger partial charge in [0.1, 0.15) is 0 Å². The maximum absolute atomic E-state index is 11.7. The highest BCUT2D eigenvalue weighted by Crippen LogP contribution is 2.08. The normalized spacial score (nSPS) is 16.6. The van der Waals surface area contributed by atoms with Crippen molar-refractivity contribution in [3.05, 3.63) is 0 Å². The summed E-state index contributed by atoms with van der Waals surface area (Å²) in [5.74, 6) is 0.202. The van der Waals surface area contributed by atoms with Crippen molar-refractivity contribution >= 4 is 9.84 Å². The maximum atomic E-state index is 11.7. The van der Waals surface area contributed by atoms with Gasteiger partial charge < -0.3 is 10.1 Å². The number of rotatable bonds is 7. The summed E-state index contributed by atoms with van der Waals surface area (Å²) >= 11 is 0. The molecule has 0 aromatic heterocycles. The lowest BCUT2D eigenvalue weighted by Gasteiger charge is -2.19. The van der Waals surface area contributed by atoms with Crippen LogP contribution in [0.5, 0.6) is 0 Å². The molecule has 86 valence electrons. The molecule has 14 heavy (non-hydrogen) atoms. The molecule has 0 fully saturated rings. The number of hydrogen-bond acceptors (Lipinski definition) is 4. The number of sulfone groups is 1. The van der Waals surface area contributed by atoms with Crippen molar-refractivity contribution in [2.45, 2.75) is 31.6 Å². The van der Waals surface area contributed by atoms with E-state index in [4.69, 9.17) is 4.74 Å². The molecule has 0 amide bonds. The zero-order valence-electron chi connectivity index (χ0n) is 9.41. The summed E-state index contributed by atoms with van der Waals surface area (Å²) in [4.78, 5) is 0. The zero-order valence-corrected chi connectivity index (χ0v) is 10.2. The van der Waals surface area contributed by atoms with Crippen LogP contribution in [0.3, 0.4) is 0 Å². The van der Waals surface area contributed by atoms with Gasteiger partial charge in [-0.05, 0) is 27.3 Å². The lowest BCUT2D eigenvalue weighted by molar-refractivity contribution is 0.199. The molecule has 0 spiro atoms. The Bertz CT molecular complexity index is 238. The first-order chi connectivity index (χ1) is 6.45. The highest BCUT2D eigenvalue weighted by Gasteiger charge is 2.24. The van der Waals surface area contributed by atoms with Crippen molar-refractivity contribution in [2.24, 2.45) is 0 Å². The molecule has 0 saturated carbocycles. The number of nitrogens with one attached hydrogen (secondary N) is 1. The minimum absolute atomic E-state index is 0.0115. The van der Waals surface area contributed by atoms with Crippen LogP contribution in [0.1, 0.15) is 20.3 Å². The summed E-state index contributed by atoms with van der Waals surface area (Å²) in [6, 6.07) is -0.0115. The Kier molecular flexibility index (Phi) is 6.31. The highest BCUT2D eigenvalue weighted by atomic mass is 32.2. The van der Waals surface area contributed by atoms with E-state index in [0.717, 1.165) is 0 Å². The molecule has 0 aromatic carbocycles. The lowest BCUT2D eigenvalue weighted by Crippen LogP contribution is -2.39. The summed E-state index contributed by atoms with van der Waals surface area (Å²) < 4.78 is 28.2. The molecule has 0 rings (SSSR count). The van der Waals surface area contributed by atoms with Gasteiger partial charge in [0.05, 0.1) is 11.0 Å². The Morgan fingerprint density at radius 3 is 2.36 bits per heavy atom. The van der Waals surface area contributed by atoms with Gasteiger partial charge >= 0.3 is 0 Å². The maximum Gasteiger partial charge on any atom is 0.154 e. The quantitative estimate of drug-likeness (QED) is 0.636. The van der Waals surface area contributed by atoms with Crippen molar-refractivity contribution in [1.29, 1.82) is 0 Å². The molecule has 0 bridgehead atoms. The van der Waals surface area contributed by atoms with Gasteiger partial charge in [-0.15, -0.1) is 0 Å². The monoisotopic (exact) mass is 223 g/mol. The first-order valence-corrected chi connectivity index (χ1v) is 6.55. The molecule has 0 radical (unpaired) electrons. The van der Waals surface area contributed by atoms with Crippen LogP contribution in [0.15, 0.2) is 0 Å². The Balaban J connectivity index is 4.17. The van der Waals surface area contributed by atoms with Gasteiger partial charge in [0.25, 0.3) is 0 Å². The van der Waals surface area contributed by atoms with Crippen LogP contribution in [0, 0.1) is 0 Å². The zero-order chi connectivity index (χ0) is 11.2. The van der Waals surface area contributed by atoms with Gasteiger partial charge in [-0.25, -0.2) is 8.42 Å². The van der Waals surface area contributed by atoms with E-state index in [0.29, 0.717) is 13.0 Å². The van der Waals surface area contributed by atoms with Crippen LogP contribution in [0.25, 0.3) is 0 Å². The molecule has 2 atom stereocenters. The number of methoxy groups -OCH3 is 1. The molecular formula is C9H21NO3S. The third kappa shape index (κ3) is 4.39. The van der Waals surface area contributed by atoms with E-state index < -0.39 is 9.84 Å². The van der Waals surface area contributed by atoms with Crippen molar-refractivity contribution in [3.63, 3.8) is 0 Å². The predicted octanol–water partition coefficient (Wildman–Crippen LogP) is 0.434. The van der Waals surface area contributed by atoms with E-state index in [1.165, 1.54) is 0 Å². The van der Waals surface area contributed by atoms with Crippen LogP contribution in [0.4, 0.5) is 0 Å². The molecule has 1 N–H and O–H groups in total. The molecule has 0 heterocycles. The first-order valence-electron chi connectivity index (χ1n) is 4.83. The SMILES string of the molecule is CNC(C)C(C)S(=O)(=O)CCCOC. The van der Waals surface area contributed by atoms with Gasteiger partial charge in [0, 0.05) is 19.8 Å². The van der Waals surface area contributed by atoms with Crippen molar-refractivity contribution in [3.8, 4) is 0 Å². The summed E-state index contributed by atoms with van der Waals surface area (Å²) in [6.45, 7) is 4.11. The average molecular weight is 223 g/mol. The topological polar surface area (TPSA) is 55.4 Å². The molecule has 2 unspecified atom stereocenters. The first kappa shape index (κ1) is 13.9. The smallest absolute Gasteiger partial charge is 0.154 e. The standard InChI is InChI=1S/C9H21NO3S/c1-8(10-3)9(2)14(11,12)7-5-6-13-4/h8-10H,5-7H2,1-4H3. The minimum atomic E-state index is -2.99. The van der Waals surface area contributed by atoms with Crippen molar-refractivity contribution in [1.82, 2.24) is 5.32 Å². The van der Waals surface area contributed by atoms with Gasteiger partial charge in [-0.2, -0.15) is 0 Å². The van der Waals surface area contributed by atoms with Gasteiger partial charge in [-0.1, -0.05) is 0 Å². The molecule has 0 aliphatic carbocycles. The van der Waals surface area contributed by atoms with Crippen molar-refractivity contribution in [2.75, 3.05) is 26.5 Å². The predicted molar refractivity (Wildman–Crippen MR) is 58.3 cm³/mol. The molecule has 4 nitrogen and oxygen atoms in total. The van der Waals surface area contributed by atoms with E-state index >= 15 is 0 Å². The third-order valence-corrected chi connectivity index (χ3v) is 4.90. The van der Waals surface area contributed by atoms with Crippen LogP contribution in [-0.4, -0.2) is 46.2 Å². The van der Waals surface area contributed by atoms with E-state index in [2.05, 4.69) is 5.32 Å². The second-order valence-corrected chi connectivity index (χ2v) is 5.97. The molecular weight excluding hydrogens is 202 g/mol. The fraction of sp³-hybridized carbons (Fsp3) is 1.00. The van der Waals surface area contributed by atoms with E-state index in [-0.39, 0.29) is 17.0 Å². The fourth-order valence-electron chi connectivity index (χ4n) is 1.14. The second kappa shape index (κ2) is 6.37. The Morgan fingerprint density at radius 1 is 1.36 bits per heavy atom. The highest BCUT2D eigenvalue weighted by molar-refractivity contribution is 7.92. The van der Waals surface area contributed by atoms with E-state index in [1.54, 1.807) is 21.1 Å². The fourth-order valence-corrected chi connectivity index (χ4v) is 2.79. The summed E-state index contributed by atoms with van der Waals surface area (Å²) in [5.41, 5.74) is 0. The van der Waals surface area contributed by atoms with Crippen LogP contribution >= 0.6 is 0 Å². The molecule has 0 aliphatic heterocycles.